The van der Waals surface area contributed by atoms with Gasteiger partial charge in [0.15, 0.2) is 0 Å². The Labute approximate surface area is 170 Å². The van der Waals surface area contributed by atoms with Crippen LogP contribution in [0, 0.1) is 0 Å². The van der Waals surface area contributed by atoms with Gasteiger partial charge in [-0.1, -0.05) is 42.5 Å². The van der Waals surface area contributed by atoms with E-state index in [4.69, 9.17) is 9.84 Å². The highest BCUT2D eigenvalue weighted by Crippen LogP contribution is 2.36. The molecule has 0 saturated heterocycles. The van der Waals surface area contributed by atoms with Crippen molar-refractivity contribution >= 4 is 23.8 Å². The Bertz CT molecular complexity index is 798. The topological polar surface area (TPSA) is 75.6 Å². The molecule has 0 spiro atoms. The fourth-order valence-electron chi connectivity index (χ4n) is 2.57. The predicted molar refractivity (Wildman–Crippen MR) is 102 cm³/mol. The molecule has 0 heterocycles. The van der Waals surface area contributed by atoms with Gasteiger partial charge in [0, 0.05) is 17.4 Å². The largest absolute Gasteiger partial charge is 0.481 e. The Morgan fingerprint density at radius 3 is 2.28 bits per heavy atom. The van der Waals surface area contributed by atoms with Gasteiger partial charge in [-0.05, 0) is 47.9 Å². The van der Waals surface area contributed by atoms with Gasteiger partial charge in [0.05, 0.1) is 0 Å². The van der Waals surface area contributed by atoms with Crippen LogP contribution in [0.3, 0.4) is 0 Å². The van der Waals surface area contributed by atoms with Crippen LogP contribution in [0.5, 0.6) is 0 Å². The summed E-state index contributed by atoms with van der Waals surface area (Å²) in [6.45, 7) is 0.0711. The van der Waals surface area contributed by atoms with Crippen LogP contribution in [0.25, 0.3) is 0 Å². The Morgan fingerprint density at radius 1 is 1.03 bits per heavy atom. The van der Waals surface area contributed by atoms with E-state index in [0.717, 1.165) is 5.56 Å². The van der Waals surface area contributed by atoms with E-state index < -0.39 is 23.6 Å². The summed E-state index contributed by atoms with van der Waals surface area (Å²) in [5.74, 6) is -1.01. The van der Waals surface area contributed by atoms with Crippen LogP contribution >= 0.6 is 11.8 Å². The third kappa shape index (κ3) is 9.38. The van der Waals surface area contributed by atoms with E-state index >= 15 is 0 Å². The Hall–Kier alpha value is -2.68. The normalized spacial score (nSPS) is 12.2. The number of carboxylic acid groups (broad SMARTS) is 1. The number of amides is 1. The molecule has 0 aliphatic rings. The first-order chi connectivity index (χ1) is 13.7. The summed E-state index contributed by atoms with van der Waals surface area (Å²) in [5.41, 5.74) is -2.88. The lowest BCUT2D eigenvalue weighted by atomic mass is 10.0. The van der Waals surface area contributed by atoms with E-state index in [2.05, 4.69) is 5.32 Å². The Morgan fingerprint density at radius 2 is 1.69 bits per heavy atom. The van der Waals surface area contributed by atoms with Crippen molar-refractivity contribution in [2.45, 2.75) is 42.3 Å². The molecular formula is C20H20F3NO4S. The zero-order valence-corrected chi connectivity index (χ0v) is 16.1. The molecule has 2 aromatic carbocycles. The summed E-state index contributed by atoms with van der Waals surface area (Å²) >= 11 is -0.210. The van der Waals surface area contributed by atoms with Crippen molar-refractivity contribution in [3.63, 3.8) is 0 Å². The van der Waals surface area contributed by atoms with Crippen LogP contribution < -0.4 is 5.32 Å². The second kappa shape index (κ2) is 10.8. The monoisotopic (exact) mass is 427 g/mol. The number of nitrogens with one attached hydrogen (secondary N) is 1. The number of alkyl carbamates (subject to hydrolysis) is 1. The molecule has 2 aromatic rings. The minimum Gasteiger partial charge on any atom is -0.481 e. The van der Waals surface area contributed by atoms with Gasteiger partial charge in [-0.3, -0.25) is 4.79 Å². The van der Waals surface area contributed by atoms with Crippen molar-refractivity contribution in [3.05, 3.63) is 65.7 Å². The van der Waals surface area contributed by atoms with Gasteiger partial charge in [0.25, 0.3) is 0 Å². The highest BCUT2D eigenvalue weighted by atomic mass is 32.2. The second-order valence-electron chi connectivity index (χ2n) is 6.23. The number of hydrogen-bond acceptors (Lipinski definition) is 4. The Balaban J connectivity index is 1.94. The summed E-state index contributed by atoms with van der Waals surface area (Å²) in [6, 6.07) is 14.3. The quantitative estimate of drug-likeness (QED) is 0.551. The molecule has 0 fully saturated rings. The molecule has 29 heavy (non-hydrogen) atoms. The number of carbonyl (C=O) groups excluding carboxylic acids is 1. The number of carboxylic acids is 1. The fraction of sp³-hybridized carbons (Fsp3) is 0.300. The van der Waals surface area contributed by atoms with Gasteiger partial charge < -0.3 is 15.2 Å². The first kappa shape index (κ1) is 22.6. The molecule has 0 bridgehead atoms. The molecule has 5 nitrogen and oxygen atoms in total. The molecular weight excluding hydrogens is 407 g/mol. The highest BCUT2D eigenvalue weighted by molar-refractivity contribution is 8.00. The van der Waals surface area contributed by atoms with Crippen molar-refractivity contribution in [3.8, 4) is 0 Å². The molecule has 0 aromatic heterocycles. The minimum atomic E-state index is -4.37. The zero-order valence-electron chi connectivity index (χ0n) is 15.3. The van der Waals surface area contributed by atoms with Gasteiger partial charge in [0.1, 0.15) is 6.61 Å². The maximum Gasteiger partial charge on any atom is 0.446 e. The van der Waals surface area contributed by atoms with E-state index in [1.54, 1.807) is 12.1 Å². The molecule has 0 radical (unpaired) electrons. The molecule has 156 valence electrons. The number of hydrogen-bond donors (Lipinski definition) is 2. The molecule has 2 rings (SSSR count). The molecule has 0 saturated carbocycles. The van der Waals surface area contributed by atoms with E-state index in [9.17, 15) is 22.8 Å². The lowest BCUT2D eigenvalue weighted by Crippen LogP contribution is -2.37. The van der Waals surface area contributed by atoms with E-state index in [0.29, 0.717) is 5.56 Å². The van der Waals surface area contributed by atoms with Crippen LogP contribution in [-0.4, -0.2) is 28.7 Å². The van der Waals surface area contributed by atoms with Crippen molar-refractivity contribution in [1.29, 1.82) is 0 Å². The fourth-order valence-corrected chi connectivity index (χ4v) is 3.11. The molecule has 1 atom stereocenters. The highest BCUT2D eigenvalue weighted by Gasteiger charge is 2.29. The smallest absolute Gasteiger partial charge is 0.446 e. The van der Waals surface area contributed by atoms with Crippen molar-refractivity contribution in [1.82, 2.24) is 5.32 Å². The first-order valence-electron chi connectivity index (χ1n) is 8.75. The van der Waals surface area contributed by atoms with Gasteiger partial charge in [-0.25, -0.2) is 4.79 Å². The molecule has 2 N–H and O–H groups in total. The number of aliphatic carboxylic acids is 1. The van der Waals surface area contributed by atoms with Crippen LogP contribution in [0.4, 0.5) is 18.0 Å². The number of halogens is 3. The van der Waals surface area contributed by atoms with Crippen molar-refractivity contribution in [2.24, 2.45) is 0 Å². The van der Waals surface area contributed by atoms with Gasteiger partial charge in [0.2, 0.25) is 0 Å². The van der Waals surface area contributed by atoms with Gasteiger partial charge in [-0.15, -0.1) is 0 Å². The summed E-state index contributed by atoms with van der Waals surface area (Å²) < 4.78 is 42.4. The Kier molecular flexibility index (Phi) is 8.38. The number of ether oxygens (including phenoxy) is 1. The second-order valence-corrected chi connectivity index (χ2v) is 7.37. The van der Waals surface area contributed by atoms with Crippen LogP contribution in [0.2, 0.25) is 0 Å². The first-order valence-corrected chi connectivity index (χ1v) is 9.56. The van der Waals surface area contributed by atoms with Crippen LogP contribution in [0.1, 0.15) is 24.0 Å². The summed E-state index contributed by atoms with van der Waals surface area (Å²) in [4.78, 5) is 23.0. The third-order valence-electron chi connectivity index (χ3n) is 3.88. The lowest BCUT2D eigenvalue weighted by Gasteiger charge is -2.18. The van der Waals surface area contributed by atoms with Crippen molar-refractivity contribution in [2.75, 3.05) is 0 Å². The third-order valence-corrected chi connectivity index (χ3v) is 4.62. The average molecular weight is 427 g/mol. The number of benzene rings is 2. The summed E-state index contributed by atoms with van der Waals surface area (Å²) in [7, 11) is 0. The maximum atomic E-state index is 12.4. The number of thioether (sulfide) groups is 1. The number of alkyl halides is 3. The van der Waals surface area contributed by atoms with Crippen molar-refractivity contribution < 1.29 is 32.6 Å². The molecule has 0 aliphatic heterocycles. The van der Waals surface area contributed by atoms with Gasteiger partial charge in [-0.2, -0.15) is 13.2 Å². The standard InChI is InChI=1S/C20H20F3NO4S/c21-20(22,23)29-17-9-6-14(7-10-17)12-16(8-11-18(25)26)24-19(27)28-13-15-4-2-1-3-5-15/h1-7,9-10,16H,8,11-13H2,(H,24,27)(H,25,26). The lowest BCUT2D eigenvalue weighted by molar-refractivity contribution is -0.137. The SMILES string of the molecule is O=C(O)CCC(Cc1ccc(SC(F)(F)F)cc1)NC(=O)OCc1ccccc1. The summed E-state index contributed by atoms with van der Waals surface area (Å²) in [5, 5.41) is 11.5. The summed E-state index contributed by atoms with van der Waals surface area (Å²) in [6.07, 6.45) is -0.418. The molecule has 0 aliphatic carbocycles. The zero-order chi connectivity index (χ0) is 21.3. The predicted octanol–water partition coefficient (Wildman–Crippen LogP) is 5.00. The average Bonchev–Trinajstić information content (AvgIpc) is 2.65. The maximum absolute atomic E-state index is 12.4. The van der Waals surface area contributed by atoms with E-state index in [-0.39, 0.29) is 42.5 Å². The molecule has 1 amide bonds. The van der Waals surface area contributed by atoms with Gasteiger partial charge >= 0.3 is 17.6 Å². The van der Waals surface area contributed by atoms with E-state index in [1.165, 1.54) is 24.3 Å². The molecule has 9 heteroatoms. The van der Waals surface area contributed by atoms with Crippen LogP contribution in [0.15, 0.2) is 59.5 Å². The number of rotatable bonds is 9. The number of carbonyl (C=O) groups is 2. The van der Waals surface area contributed by atoms with Crippen LogP contribution in [-0.2, 0) is 22.6 Å². The molecule has 1 unspecified atom stereocenters. The van der Waals surface area contributed by atoms with E-state index in [1.807, 2.05) is 18.2 Å². The minimum absolute atomic E-state index is 0.0542.